The second-order valence-corrected chi connectivity index (χ2v) is 6.31. The second-order valence-electron chi connectivity index (χ2n) is 5.04. The van der Waals surface area contributed by atoms with Gasteiger partial charge in [-0.3, -0.25) is 0 Å². The Hall–Kier alpha value is -0.620. The number of hydrogen-bond acceptors (Lipinski definition) is 5. The van der Waals surface area contributed by atoms with E-state index in [1.807, 2.05) is 16.4 Å². The minimum absolute atomic E-state index is 0.699. The molecule has 0 amide bonds. The molecule has 6 heteroatoms. The van der Waals surface area contributed by atoms with Crippen molar-refractivity contribution in [3.8, 4) is 0 Å². The standard InChI is InChI=1S/C12H23N5S/c1-3-13-8-9-17-12(14-15-16-17)18-11-6-4-10(2)5-7-11/h10-11,13H,3-9H2,1-2H3. The molecule has 1 aromatic heterocycles. The van der Waals surface area contributed by atoms with Gasteiger partial charge in [0.25, 0.3) is 0 Å². The lowest BCUT2D eigenvalue weighted by Crippen LogP contribution is -2.21. The van der Waals surface area contributed by atoms with Gasteiger partial charge < -0.3 is 5.32 Å². The summed E-state index contributed by atoms with van der Waals surface area (Å²) < 4.78 is 1.92. The van der Waals surface area contributed by atoms with Crippen LogP contribution in [0.1, 0.15) is 39.5 Å². The summed E-state index contributed by atoms with van der Waals surface area (Å²) in [6.07, 6.45) is 5.28. The number of aromatic nitrogens is 4. The first-order valence-corrected chi connectivity index (χ1v) is 7.81. The molecule has 0 aromatic carbocycles. The molecule has 1 heterocycles. The van der Waals surface area contributed by atoms with E-state index in [1.54, 1.807) is 0 Å². The van der Waals surface area contributed by atoms with E-state index in [2.05, 4.69) is 34.7 Å². The molecule has 1 saturated carbocycles. The first-order valence-electron chi connectivity index (χ1n) is 6.93. The molecular formula is C12H23N5S. The maximum Gasteiger partial charge on any atom is 0.209 e. The van der Waals surface area contributed by atoms with E-state index in [0.717, 1.165) is 30.7 Å². The van der Waals surface area contributed by atoms with Gasteiger partial charge in [-0.05, 0) is 48.6 Å². The summed E-state index contributed by atoms with van der Waals surface area (Å²) in [7, 11) is 0. The fraction of sp³-hybridized carbons (Fsp3) is 0.917. The Balaban J connectivity index is 1.83. The third kappa shape index (κ3) is 3.95. The van der Waals surface area contributed by atoms with Gasteiger partial charge in [-0.2, -0.15) is 0 Å². The Labute approximate surface area is 113 Å². The summed E-state index contributed by atoms with van der Waals surface area (Å²) in [5.74, 6) is 0.895. The maximum atomic E-state index is 4.15. The van der Waals surface area contributed by atoms with Crippen molar-refractivity contribution in [3.63, 3.8) is 0 Å². The van der Waals surface area contributed by atoms with E-state index in [1.165, 1.54) is 25.7 Å². The molecule has 1 aromatic rings. The predicted molar refractivity (Wildman–Crippen MR) is 73.6 cm³/mol. The highest BCUT2D eigenvalue weighted by Gasteiger charge is 2.21. The number of thioether (sulfide) groups is 1. The van der Waals surface area contributed by atoms with Crippen molar-refractivity contribution in [2.75, 3.05) is 13.1 Å². The average molecular weight is 269 g/mol. The van der Waals surface area contributed by atoms with E-state index >= 15 is 0 Å². The van der Waals surface area contributed by atoms with Gasteiger partial charge in [0.15, 0.2) is 0 Å². The summed E-state index contributed by atoms with van der Waals surface area (Å²) in [6.45, 7) is 7.23. The summed E-state index contributed by atoms with van der Waals surface area (Å²) in [6, 6.07) is 0. The quantitative estimate of drug-likeness (QED) is 0.800. The maximum absolute atomic E-state index is 4.15. The molecule has 1 N–H and O–H groups in total. The van der Waals surface area contributed by atoms with Crippen molar-refractivity contribution in [2.24, 2.45) is 5.92 Å². The number of rotatable bonds is 6. The van der Waals surface area contributed by atoms with Gasteiger partial charge >= 0.3 is 0 Å². The van der Waals surface area contributed by atoms with Crippen LogP contribution in [0.4, 0.5) is 0 Å². The average Bonchev–Trinajstić information content (AvgIpc) is 2.80. The number of hydrogen-bond donors (Lipinski definition) is 1. The van der Waals surface area contributed by atoms with Crippen molar-refractivity contribution in [1.29, 1.82) is 0 Å². The molecule has 5 nitrogen and oxygen atoms in total. The molecule has 1 aliphatic carbocycles. The monoisotopic (exact) mass is 269 g/mol. The zero-order valence-corrected chi connectivity index (χ0v) is 12.1. The van der Waals surface area contributed by atoms with Crippen molar-refractivity contribution in [2.45, 2.75) is 56.5 Å². The highest BCUT2D eigenvalue weighted by Crippen LogP contribution is 2.34. The normalized spacial score (nSPS) is 24.3. The Morgan fingerprint density at radius 3 is 2.83 bits per heavy atom. The van der Waals surface area contributed by atoms with Gasteiger partial charge in [0.2, 0.25) is 5.16 Å². The van der Waals surface area contributed by atoms with Crippen LogP contribution in [0.5, 0.6) is 0 Å². The van der Waals surface area contributed by atoms with Crippen LogP contribution in [0.3, 0.4) is 0 Å². The predicted octanol–water partition coefficient (Wildman–Crippen LogP) is 1.95. The van der Waals surface area contributed by atoms with Crippen LogP contribution in [-0.2, 0) is 6.54 Å². The third-order valence-corrected chi connectivity index (χ3v) is 4.79. The van der Waals surface area contributed by atoms with Crippen LogP contribution in [0, 0.1) is 5.92 Å². The van der Waals surface area contributed by atoms with Crippen LogP contribution in [-0.4, -0.2) is 38.5 Å². The summed E-state index contributed by atoms with van der Waals surface area (Å²) >= 11 is 1.86. The molecule has 0 unspecified atom stereocenters. The largest absolute Gasteiger partial charge is 0.315 e. The molecular weight excluding hydrogens is 246 g/mol. The Morgan fingerprint density at radius 2 is 2.11 bits per heavy atom. The smallest absolute Gasteiger partial charge is 0.209 e. The topological polar surface area (TPSA) is 55.6 Å². The van der Waals surface area contributed by atoms with E-state index in [9.17, 15) is 0 Å². The third-order valence-electron chi connectivity index (χ3n) is 3.48. The summed E-state index contributed by atoms with van der Waals surface area (Å²) in [5, 5.41) is 17.0. The molecule has 0 radical (unpaired) electrons. The van der Waals surface area contributed by atoms with Crippen LogP contribution in [0.25, 0.3) is 0 Å². The van der Waals surface area contributed by atoms with Gasteiger partial charge in [-0.25, -0.2) is 4.68 Å². The van der Waals surface area contributed by atoms with Crippen molar-refractivity contribution >= 4 is 11.8 Å². The van der Waals surface area contributed by atoms with E-state index in [0.29, 0.717) is 5.25 Å². The SMILES string of the molecule is CCNCCn1nnnc1SC1CCC(C)CC1. The molecule has 1 fully saturated rings. The van der Waals surface area contributed by atoms with Gasteiger partial charge in [0.05, 0.1) is 6.54 Å². The van der Waals surface area contributed by atoms with E-state index < -0.39 is 0 Å². The van der Waals surface area contributed by atoms with Gasteiger partial charge in [0.1, 0.15) is 0 Å². The van der Waals surface area contributed by atoms with Gasteiger partial charge in [-0.1, -0.05) is 25.6 Å². The van der Waals surface area contributed by atoms with Crippen molar-refractivity contribution in [3.05, 3.63) is 0 Å². The summed E-state index contributed by atoms with van der Waals surface area (Å²) in [4.78, 5) is 0. The van der Waals surface area contributed by atoms with Crippen LogP contribution < -0.4 is 5.32 Å². The zero-order chi connectivity index (χ0) is 12.8. The lowest BCUT2D eigenvalue weighted by atomic mass is 9.91. The Bertz CT molecular complexity index is 346. The van der Waals surface area contributed by atoms with Crippen molar-refractivity contribution in [1.82, 2.24) is 25.5 Å². The molecule has 0 saturated heterocycles. The first-order chi connectivity index (χ1) is 8.79. The van der Waals surface area contributed by atoms with Crippen LogP contribution in [0.15, 0.2) is 5.16 Å². The molecule has 2 rings (SSSR count). The van der Waals surface area contributed by atoms with Crippen LogP contribution >= 0.6 is 11.8 Å². The Kier molecular flexibility index (Phi) is 5.44. The number of nitrogens with zero attached hydrogens (tertiary/aromatic N) is 4. The van der Waals surface area contributed by atoms with Gasteiger partial charge in [0, 0.05) is 11.8 Å². The number of nitrogens with one attached hydrogen (secondary N) is 1. The molecule has 0 bridgehead atoms. The number of tetrazole rings is 1. The minimum Gasteiger partial charge on any atom is -0.315 e. The van der Waals surface area contributed by atoms with Crippen molar-refractivity contribution < 1.29 is 0 Å². The molecule has 0 aliphatic heterocycles. The highest BCUT2D eigenvalue weighted by atomic mass is 32.2. The van der Waals surface area contributed by atoms with E-state index in [4.69, 9.17) is 0 Å². The molecule has 1 aliphatic rings. The zero-order valence-electron chi connectivity index (χ0n) is 11.3. The highest BCUT2D eigenvalue weighted by molar-refractivity contribution is 7.99. The fourth-order valence-electron chi connectivity index (χ4n) is 2.28. The minimum atomic E-state index is 0.699. The lowest BCUT2D eigenvalue weighted by Gasteiger charge is -2.24. The molecule has 0 atom stereocenters. The number of likely N-dealkylation sites (N-methyl/N-ethyl adjacent to an activating group) is 1. The van der Waals surface area contributed by atoms with E-state index in [-0.39, 0.29) is 0 Å². The lowest BCUT2D eigenvalue weighted by molar-refractivity contribution is 0.392. The molecule has 0 spiro atoms. The summed E-state index contributed by atoms with van der Waals surface area (Å²) in [5.41, 5.74) is 0. The molecule has 18 heavy (non-hydrogen) atoms. The Morgan fingerprint density at radius 1 is 1.33 bits per heavy atom. The van der Waals surface area contributed by atoms with Crippen LogP contribution in [0.2, 0.25) is 0 Å². The van der Waals surface area contributed by atoms with Gasteiger partial charge in [-0.15, -0.1) is 5.10 Å². The molecule has 102 valence electrons. The second kappa shape index (κ2) is 7.09. The first kappa shape index (κ1) is 13.8. The fourth-order valence-corrected chi connectivity index (χ4v) is 3.42.